The molecule has 3 N–H and O–H groups in total. The molecular formula is C16H11N5O2S. The van der Waals surface area contributed by atoms with Gasteiger partial charge in [0, 0.05) is 33.6 Å². The number of nitrogens with zero attached hydrogens (tertiary/aromatic N) is 3. The van der Waals surface area contributed by atoms with Crippen molar-refractivity contribution < 1.29 is 4.92 Å². The van der Waals surface area contributed by atoms with Gasteiger partial charge in [0.25, 0.3) is 5.69 Å². The highest BCUT2D eigenvalue weighted by Gasteiger charge is 2.15. The summed E-state index contributed by atoms with van der Waals surface area (Å²) in [7, 11) is 0. The maximum absolute atomic E-state index is 11.0. The zero-order valence-corrected chi connectivity index (χ0v) is 13.1. The smallest absolute Gasteiger partial charge is 0.270 e. The number of nitrogens with two attached hydrogens (primary N) is 1. The number of hydrogen-bond donors (Lipinski definition) is 2. The zero-order chi connectivity index (χ0) is 16.7. The van der Waals surface area contributed by atoms with Gasteiger partial charge < -0.3 is 11.1 Å². The fourth-order valence-corrected chi connectivity index (χ4v) is 3.55. The predicted octanol–water partition coefficient (Wildman–Crippen LogP) is 4.08. The summed E-state index contributed by atoms with van der Waals surface area (Å²) in [4.78, 5) is 19.2. The van der Waals surface area contributed by atoms with E-state index in [9.17, 15) is 10.1 Å². The lowest BCUT2D eigenvalue weighted by atomic mass is 10.2. The van der Waals surface area contributed by atoms with E-state index in [1.807, 2.05) is 12.1 Å². The Kier molecular flexibility index (Phi) is 3.24. The van der Waals surface area contributed by atoms with Crippen LogP contribution < -0.4 is 11.1 Å². The Hall–Kier alpha value is -3.26. The van der Waals surface area contributed by atoms with E-state index >= 15 is 0 Å². The molecule has 24 heavy (non-hydrogen) atoms. The van der Waals surface area contributed by atoms with Gasteiger partial charge in [-0.1, -0.05) is 0 Å². The molecule has 4 rings (SSSR count). The number of nitro benzene ring substituents is 1. The average Bonchev–Trinajstić information content (AvgIpc) is 2.96. The van der Waals surface area contributed by atoms with Gasteiger partial charge >= 0.3 is 0 Å². The minimum atomic E-state index is -0.405. The second-order valence-corrected chi connectivity index (χ2v) is 6.24. The van der Waals surface area contributed by atoms with E-state index in [0.717, 1.165) is 20.5 Å². The average molecular weight is 337 g/mol. The first-order chi connectivity index (χ1) is 11.6. The van der Waals surface area contributed by atoms with Crippen LogP contribution in [-0.2, 0) is 0 Å². The molecule has 0 spiro atoms. The van der Waals surface area contributed by atoms with Gasteiger partial charge in [0.2, 0.25) is 0 Å². The molecule has 0 radical (unpaired) electrons. The van der Waals surface area contributed by atoms with Crippen molar-refractivity contribution in [2.24, 2.45) is 0 Å². The van der Waals surface area contributed by atoms with Crippen LogP contribution in [0.2, 0.25) is 0 Å². The summed E-state index contributed by atoms with van der Waals surface area (Å²) in [5.41, 5.74) is 7.98. The number of rotatable bonds is 3. The van der Waals surface area contributed by atoms with Crippen LogP contribution in [0.3, 0.4) is 0 Å². The fraction of sp³-hybridized carbons (Fsp3) is 0. The number of hydrogen-bond acceptors (Lipinski definition) is 7. The highest BCUT2D eigenvalue weighted by Crippen LogP contribution is 2.38. The number of non-ortho nitro benzene ring substituents is 1. The lowest BCUT2D eigenvalue weighted by molar-refractivity contribution is -0.384. The third-order valence-corrected chi connectivity index (χ3v) is 4.79. The first kappa shape index (κ1) is 14.3. The molecule has 0 saturated carbocycles. The number of anilines is 3. The molecule has 2 aromatic heterocycles. The van der Waals surface area contributed by atoms with Gasteiger partial charge in [-0.3, -0.25) is 10.1 Å². The third kappa shape index (κ3) is 2.38. The van der Waals surface area contributed by atoms with Crippen molar-refractivity contribution in [1.29, 1.82) is 0 Å². The number of fused-ring (bicyclic) bond motifs is 3. The summed E-state index contributed by atoms with van der Waals surface area (Å²) in [6.45, 7) is 0. The summed E-state index contributed by atoms with van der Waals surface area (Å²) in [6.07, 6.45) is 1.45. The summed E-state index contributed by atoms with van der Waals surface area (Å²) < 4.78 is 1.78. The van der Waals surface area contributed by atoms with E-state index in [4.69, 9.17) is 5.73 Å². The molecular weight excluding hydrogens is 326 g/mol. The Morgan fingerprint density at radius 1 is 1.12 bits per heavy atom. The van der Waals surface area contributed by atoms with Gasteiger partial charge in [0.05, 0.1) is 15.1 Å². The Morgan fingerprint density at radius 3 is 2.67 bits per heavy atom. The molecule has 7 nitrogen and oxygen atoms in total. The van der Waals surface area contributed by atoms with Gasteiger partial charge in [0.15, 0.2) is 5.82 Å². The molecule has 0 aliphatic rings. The van der Waals surface area contributed by atoms with Crippen LogP contribution in [0, 0.1) is 10.1 Å². The molecule has 0 aliphatic heterocycles. The SMILES string of the molecule is Nc1ccc(Nc2ncnc3c2sc2ccc([N+](=O)[O-])cc23)cc1. The molecule has 0 fully saturated rings. The van der Waals surface area contributed by atoms with Gasteiger partial charge in [-0.15, -0.1) is 11.3 Å². The van der Waals surface area contributed by atoms with Crippen molar-refractivity contribution >= 4 is 54.5 Å². The van der Waals surface area contributed by atoms with Crippen molar-refractivity contribution in [1.82, 2.24) is 9.97 Å². The fourth-order valence-electron chi connectivity index (χ4n) is 2.47. The molecule has 8 heteroatoms. The standard InChI is InChI=1S/C16H11N5O2S/c17-9-1-3-10(4-2-9)20-16-15-14(18-8-19-16)12-7-11(21(22)23)5-6-13(12)24-15/h1-8H,17H2,(H,18,19,20). The number of thiophene rings is 1. The topological polar surface area (TPSA) is 107 Å². The summed E-state index contributed by atoms with van der Waals surface area (Å²) in [6, 6.07) is 12.1. The minimum absolute atomic E-state index is 0.0499. The molecule has 0 amide bonds. The second-order valence-electron chi connectivity index (χ2n) is 5.19. The number of nitrogens with one attached hydrogen (secondary N) is 1. The molecule has 2 heterocycles. The molecule has 2 aromatic carbocycles. The molecule has 118 valence electrons. The summed E-state index contributed by atoms with van der Waals surface area (Å²) in [5, 5.41) is 15.0. The number of aromatic nitrogens is 2. The zero-order valence-electron chi connectivity index (χ0n) is 12.3. The first-order valence-corrected chi connectivity index (χ1v) is 7.88. The largest absolute Gasteiger partial charge is 0.399 e. The maximum Gasteiger partial charge on any atom is 0.270 e. The quantitative estimate of drug-likeness (QED) is 0.331. The summed E-state index contributed by atoms with van der Waals surface area (Å²) in [5.74, 6) is 0.661. The highest BCUT2D eigenvalue weighted by atomic mass is 32.1. The molecule has 0 bridgehead atoms. The molecule has 0 atom stereocenters. The van der Waals surface area contributed by atoms with Crippen molar-refractivity contribution in [3.8, 4) is 0 Å². The van der Waals surface area contributed by atoms with Crippen LogP contribution in [-0.4, -0.2) is 14.9 Å². The van der Waals surface area contributed by atoms with Crippen LogP contribution in [0.4, 0.5) is 22.9 Å². The minimum Gasteiger partial charge on any atom is -0.399 e. The van der Waals surface area contributed by atoms with Crippen molar-refractivity contribution in [3.05, 3.63) is 58.9 Å². The summed E-state index contributed by atoms with van der Waals surface area (Å²) >= 11 is 1.50. The van der Waals surface area contributed by atoms with E-state index in [-0.39, 0.29) is 5.69 Å². The van der Waals surface area contributed by atoms with Gasteiger partial charge in [-0.05, 0) is 30.3 Å². The van der Waals surface area contributed by atoms with Gasteiger partial charge in [0.1, 0.15) is 6.33 Å². The van der Waals surface area contributed by atoms with Crippen LogP contribution >= 0.6 is 11.3 Å². The van der Waals surface area contributed by atoms with Crippen molar-refractivity contribution in [3.63, 3.8) is 0 Å². The Balaban J connectivity index is 1.86. The maximum atomic E-state index is 11.0. The normalized spacial score (nSPS) is 11.0. The van der Waals surface area contributed by atoms with E-state index in [0.29, 0.717) is 17.0 Å². The van der Waals surface area contributed by atoms with Crippen molar-refractivity contribution in [2.45, 2.75) is 0 Å². The van der Waals surface area contributed by atoms with E-state index in [1.54, 1.807) is 24.3 Å². The molecule has 0 unspecified atom stereocenters. The van der Waals surface area contributed by atoms with Crippen LogP contribution in [0.1, 0.15) is 0 Å². The lowest BCUT2D eigenvalue weighted by Gasteiger charge is -2.06. The Bertz CT molecular complexity index is 1080. The first-order valence-electron chi connectivity index (χ1n) is 7.06. The number of nitrogen functional groups attached to an aromatic ring is 1. The van der Waals surface area contributed by atoms with E-state index in [2.05, 4.69) is 15.3 Å². The predicted molar refractivity (Wildman–Crippen MR) is 95.7 cm³/mol. The van der Waals surface area contributed by atoms with Crippen LogP contribution in [0.5, 0.6) is 0 Å². The van der Waals surface area contributed by atoms with E-state index < -0.39 is 4.92 Å². The second kappa shape index (κ2) is 5.43. The Labute approximate surface area is 139 Å². The monoisotopic (exact) mass is 337 g/mol. The number of nitro groups is 1. The van der Waals surface area contributed by atoms with Crippen LogP contribution in [0.15, 0.2) is 48.8 Å². The highest BCUT2D eigenvalue weighted by molar-refractivity contribution is 7.26. The van der Waals surface area contributed by atoms with Crippen molar-refractivity contribution in [2.75, 3.05) is 11.1 Å². The van der Waals surface area contributed by atoms with Gasteiger partial charge in [-0.25, -0.2) is 9.97 Å². The van der Waals surface area contributed by atoms with Gasteiger partial charge in [-0.2, -0.15) is 0 Å². The van der Waals surface area contributed by atoms with Crippen LogP contribution in [0.25, 0.3) is 20.3 Å². The Morgan fingerprint density at radius 2 is 1.92 bits per heavy atom. The van der Waals surface area contributed by atoms with E-state index in [1.165, 1.54) is 23.7 Å². The lowest BCUT2D eigenvalue weighted by Crippen LogP contribution is -1.94. The molecule has 0 aliphatic carbocycles. The third-order valence-electron chi connectivity index (χ3n) is 3.62. The molecule has 4 aromatic rings. The number of benzene rings is 2. The molecule has 0 saturated heterocycles.